The lowest BCUT2D eigenvalue weighted by molar-refractivity contribution is 0.322. The number of nitrogens with zero attached hydrogens (tertiary/aromatic N) is 5. The zero-order valence-corrected chi connectivity index (χ0v) is 12.6. The van der Waals surface area contributed by atoms with E-state index in [-0.39, 0.29) is 5.95 Å². The van der Waals surface area contributed by atoms with Crippen LogP contribution in [0.5, 0.6) is 0 Å². The fraction of sp³-hybridized carbons (Fsp3) is 0.769. The first-order valence-electron chi connectivity index (χ1n) is 7.34. The molecule has 0 aromatic carbocycles. The Hall–Kier alpha value is -1.63. The molecule has 0 saturated carbocycles. The van der Waals surface area contributed by atoms with Crippen molar-refractivity contribution in [3.05, 3.63) is 0 Å². The molecule has 0 aliphatic carbocycles. The maximum absolute atomic E-state index is 5.78. The third-order valence-corrected chi connectivity index (χ3v) is 3.85. The molecule has 20 heavy (non-hydrogen) atoms. The number of nitrogens with one attached hydrogen (secondary N) is 1. The Bertz CT molecular complexity index is 433. The van der Waals surface area contributed by atoms with Gasteiger partial charge in [-0.2, -0.15) is 15.0 Å². The van der Waals surface area contributed by atoms with Crippen LogP contribution in [0.1, 0.15) is 26.7 Å². The largest absolute Gasteiger partial charge is 0.368 e. The maximum atomic E-state index is 5.78. The number of nitrogens with two attached hydrogens (primary N) is 1. The average Bonchev–Trinajstić information content (AvgIpc) is 2.83. The van der Waals surface area contributed by atoms with Crippen molar-refractivity contribution in [3.8, 4) is 0 Å². The first kappa shape index (κ1) is 14.8. The molecule has 1 fully saturated rings. The van der Waals surface area contributed by atoms with Crippen molar-refractivity contribution in [2.45, 2.75) is 32.7 Å². The van der Waals surface area contributed by atoms with Gasteiger partial charge in [0.2, 0.25) is 17.8 Å². The molecule has 0 bridgehead atoms. The molecule has 7 nitrogen and oxygen atoms in total. The first-order valence-corrected chi connectivity index (χ1v) is 7.34. The van der Waals surface area contributed by atoms with E-state index in [9.17, 15) is 0 Å². The SMILES string of the molecule is CCN(CC)c1nc(N)nc(NCC2CCCN2C)n1. The van der Waals surface area contributed by atoms with Crippen LogP contribution in [0.3, 0.4) is 0 Å². The zero-order chi connectivity index (χ0) is 14.5. The second-order valence-electron chi connectivity index (χ2n) is 5.15. The average molecular weight is 279 g/mol. The van der Waals surface area contributed by atoms with E-state index in [1.54, 1.807) is 0 Å². The van der Waals surface area contributed by atoms with Gasteiger partial charge in [-0.1, -0.05) is 0 Å². The van der Waals surface area contributed by atoms with Gasteiger partial charge < -0.3 is 20.9 Å². The van der Waals surface area contributed by atoms with Crippen LogP contribution in [-0.4, -0.2) is 59.1 Å². The molecule has 2 rings (SSSR count). The van der Waals surface area contributed by atoms with Crippen molar-refractivity contribution in [2.24, 2.45) is 0 Å². The topological polar surface area (TPSA) is 83.2 Å². The summed E-state index contributed by atoms with van der Waals surface area (Å²) < 4.78 is 0. The summed E-state index contributed by atoms with van der Waals surface area (Å²) in [5.74, 6) is 1.48. The van der Waals surface area contributed by atoms with Gasteiger partial charge in [-0.25, -0.2) is 0 Å². The summed E-state index contributed by atoms with van der Waals surface area (Å²) in [6.45, 7) is 7.86. The third-order valence-electron chi connectivity index (χ3n) is 3.85. The Morgan fingerprint density at radius 2 is 2.05 bits per heavy atom. The second kappa shape index (κ2) is 6.69. The van der Waals surface area contributed by atoms with Crippen LogP contribution >= 0.6 is 0 Å². The lowest BCUT2D eigenvalue weighted by Gasteiger charge is -2.21. The van der Waals surface area contributed by atoms with E-state index in [0.29, 0.717) is 17.9 Å². The molecule has 1 saturated heterocycles. The molecule has 3 N–H and O–H groups in total. The number of hydrogen-bond donors (Lipinski definition) is 2. The van der Waals surface area contributed by atoms with Crippen molar-refractivity contribution in [1.82, 2.24) is 19.9 Å². The predicted molar refractivity (Wildman–Crippen MR) is 81.9 cm³/mol. The number of anilines is 3. The van der Waals surface area contributed by atoms with Gasteiger partial charge in [-0.05, 0) is 40.3 Å². The Kier molecular flexibility index (Phi) is 4.94. The lowest BCUT2D eigenvalue weighted by atomic mass is 10.2. The van der Waals surface area contributed by atoms with Crippen LogP contribution in [-0.2, 0) is 0 Å². The number of hydrogen-bond acceptors (Lipinski definition) is 7. The number of nitrogen functional groups attached to an aromatic ring is 1. The molecule has 2 heterocycles. The van der Waals surface area contributed by atoms with E-state index >= 15 is 0 Å². The Labute approximate surface area is 120 Å². The molecule has 1 aromatic rings. The monoisotopic (exact) mass is 279 g/mol. The van der Waals surface area contributed by atoms with Crippen molar-refractivity contribution in [3.63, 3.8) is 0 Å². The van der Waals surface area contributed by atoms with Crippen LogP contribution in [0.4, 0.5) is 17.8 Å². The van der Waals surface area contributed by atoms with Gasteiger partial charge in [0.15, 0.2) is 0 Å². The van der Waals surface area contributed by atoms with Gasteiger partial charge in [0.05, 0.1) is 0 Å². The second-order valence-corrected chi connectivity index (χ2v) is 5.15. The minimum atomic E-state index is 0.268. The fourth-order valence-corrected chi connectivity index (χ4v) is 2.55. The molecule has 0 spiro atoms. The van der Waals surface area contributed by atoms with Gasteiger partial charge in [0.25, 0.3) is 0 Å². The minimum absolute atomic E-state index is 0.268. The Morgan fingerprint density at radius 1 is 1.30 bits per heavy atom. The molecular formula is C13H25N7. The van der Waals surface area contributed by atoms with Gasteiger partial charge in [-0.3, -0.25) is 0 Å². The smallest absolute Gasteiger partial charge is 0.231 e. The molecule has 7 heteroatoms. The van der Waals surface area contributed by atoms with Crippen LogP contribution in [0.2, 0.25) is 0 Å². The summed E-state index contributed by atoms with van der Waals surface area (Å²) in [5.41, 5.74) is 5.78. The molecule has 112 valence electrons. The molecule has 0 amide bonds. The summed E-state index contributed by atoms with van der Waals surface area (Å²) in [7, 11) is 2.16. The Balaban J connectivity index is 2.03. The number of rotatable bonds is 6. The van der Waals surface area contributed by atoms with E-state index in [2.05, 4.69) is 51.0 Å². The van der Waals surface area contributed by atoms with E-state index in [1.807, 2.05) is 0 Å². The summed E-state index contributed by atoms with van der Waals surface area (Å²) in [5, 5.41) is 3.29. The van der Waals surface area contributed by atoms with Gasteiger partial charge in [0.1, 0.15) is 0 Å². The van der Waals surface area contributed by atoms with Crippen molar-refractivity contribution in [2.75, 3.05) is 49.2 Å². The molecule has 1 aromatic heterocycles. The number of aromatic nitrogens is 3. The van der Waals surface area contributed by atoms with Crippen LogP contribution in [0.25, 0.3) is 0 Å². The zero-order valence-electron chi connectivity index (χ0n) is 12.6. The first-order chi connectivity index (χ1) is 9.63. The van der Waals surface area contributed by atoms with E-state index in [4.69, 9.17) is 5.73 Å². The molecule has 1 aliphatic rings. The molecule has 0 radical (unpaired) electrons. The summed E-state index contributed by atoms with van der Waals surface area (Å²) in [6, 6.07) is 0.546. The van der Waals surface area contributed by atoms with Crippen molar-refractivity contribution < 1.29 is 0 Å². The van der Waals surface area contributed by atoms with Crippen molar-refractivity contribution in [1.29, 1.82) is 0 Å². The highest BCUT2D eigenvalue weighted by molar-refractivity contribution is 5.41. The molecule has 1 aliphatic heterocycles. The van der Waals surface area contributed by atoms with Crippen LogP contribution < -0.4 is 16.0 Å². The Morgan fingerprint density at radius 3 is 2.65 bits per heavy atom. The predicted octanol–water partition coefficient (Wildman–Crippen LogP) is 0.806. The van der Waals surface area contributed by atoms with Gasteiger partial charge in [-0.15, -0.1) is 0 Å². The third kappa shape index (κ3) is 3.47. The van der Waals surface area contributed by atoms with Crippen LogP contribution in [0, 0.1) is 0 Å². The van der Waals surface area contributed by atoms with E-state index < -0.39 is 0 Å². The normalized spacial score (nSPS) is 19.2. The van der Waals surface area contributed by atoms with E-state index in [1.165, 1.54) is 12.8 Å². The standard InChI is InChI=1S/C13H25N7/c1-4-20(5-2)13-17-11(14)16-12(18-13)15-9-10-7-6-8-19(10)3/h10H,4-9H2,1-3H3,(H3,14,15,16,17,18). The lowest BCUT2D eigenvalue weighted by Crippen LogP contribution is -2.32. The number of likely N-dealkylation sites (N-methyl/N-ethyl adjacent to an activating group) is 1. The molecular weight excluding hydrogens is 254 g/mol. The van der Waals surface area contributed by atoms with E-state index in [0.717, 1.165) is 26.2 Å². The number of likely N-dealkylation sites (tertiary alicyclic amines) is 1. The van der Waals surface area contributed by atoms with Crippen molar-refractivity contribution >= 4 is 17.8 Å². The fourth-order valence-electron chi connectivity index (χ4n) is 2.55. The van der Waals surface area contributed by atoms with Gasteiger partial charge in [0, 0.05) is 25.7 Å². The highest BCUT2D eigenvalue weighted by Gasteiger charge is 2.20. The van der Waals surface area contributed by atoms with Gasteiger partial charge >= 0.3 is 0 Å². The highest BCUT2D eigenvalue weighted by Crippen LogP contribution is 2.16. The summed E-state index contributed by atoms with van der Waals surface area (Å²) in [4.78, 5) is 17.3. The molecule has 1 unspecified atom stereocenters. The minimum Gasteiger partial charge on any atom is -0.368 e. The summed E-state index contributed by atoms with van der Waals surface area (Å²) in [6.07, 6.45) is 2.47. The quantitative estimate of drug-likeness (QED) is 0.797. The maximum Gasteiger partial charge on any atom is 0.231 e. The molecule has 1 atom stereocenters. The summed E-state index contributed by atoms with van der Waals surface area (Å²) >= 11 is 0. The highest BCUT2D eigenvalue weighted by atomic mass is 15.3. The van der Waals surface area contributed by atoms with Crippen LogP contribution in [0.15, 0.2) is 0 Å².